The van der Waals surface area contributed by atoms with Crippen LogP contribution in [-0.2, 0) is 4.79 Å². The molecule has 0 aromatic carbocycles. The summed E-state index contributed by atoms with van der Waals surface area (Å²) in [5, 5.41) is 5.95. The molecule has 0 rings (SSSR count). The lowest BCUT2D eigenvalue weighted by Gasteiger charge is -2.12. The summed E-state index contributed by atoms with van der Waals surface area (Å²) in [6, 6.07) is 0.652. The quantitative estimate of drug-likeness (QED) is 0.647. The highest BCUT2D eigenvalue weighted by molar-refractivity contribution is 5.78. The summed E-state index contributed by atoms with van der Waals surface area (Å²) in [4.78, 5) is 11.1. The third-order valence-corrected chi connectivity index (χ3v) is 1.67. The van der Waals surface area contributed by atoms with Gasteiger partial charge in [-0.25, -0.2) is 0 Å². The summed E-state index contributed by atoms with van der Waals surface area (Å²) >= 11 is 0. The molecule has 1 amide bonds. The lowest BCUT2D eigenvalue weighted by Crippen LogP contribution is -2.40. The van der Waals surface area contributed by atoms with Crippen molar-refractivity contribution in [2.45, 2.75) is 46.2 Å². The van der Waals surface area contributed by atoms with Gasteiger partial charge in [-0.1, -0.05) is 6.92 Å². The summed E-state index contributed by atoms with van der Waals surface area (Å²) in [7, 11) is 0. The van der Waals surface area contributed by atoms with E-state index in [0.717, 1.165) is 6.42 Å². The average Bonchev–Trinajstić information content (AvgIpc) is 1.99. The third-order valence-electron chi connectivity index (χ3n) is 1.67. The molecule has 0 aliphatic carbocycles. The molecule has 0 heterocycles. The largest absolute Gasteiger partial charge is 0.353 e. The van der Waals surface area contributed by atoms with Gasteiger partial charge in [0.15, 0.2) is 0 Å². The second-order valence-electron chi connectivity index (χ2n) is 3.41. The molecule has 0 radical (unpaired) electrons. The standard InChI is InChI=1S/C9H20N2O/c1-5-8(4)10-6-9(12)11-7(2)3/h7-8,10H,5-6H2,1-4H3,(H,11,12). The van der Waals surface area contributed by atoms with Crippen LogP contribution in [0, 0.1) is 0 Å². The Morgan fingerprint density at radius 2 is 1.92 bits per heavy atom. The first kappa shape index (κ1) is 11.4. The van der Waals surface area contributed by atoms with Crippen molar-refractivity contribution in [1.29, 1.82) is 0 Å². The minimum absolute atomic E-state index is 0.0744. The van der Waals surface area contributed by atoms with Gasteiger partial charge in [-0.15, -0.1) is 0 Å². The van der Waals surface area contributed by atoms with E-state index in [2.05, 4.69) is 24.5 Å². The van der Waals surface area contributed by atoms with E-state index in [4.69, 9.17) is 0 Å². The zero-order chi connectivity index (χ0) is 9.56. The van der Waals surface area contributed by atoms with Crippen molar-refractivity contribution in [2.75, 3.05) is 6.54 Å². The molecule has 0 aliphatic heterocycles. The molecule has 3 heteroatoms. The molecule has 0 saturated carbocycles. The molecule has 12 heavy (non-hydrogen) atoms. The smallest absolute Gasteiger partial charge is 0.234 e. The summed E-state index contributed by atoms with van der Waals surface area (Å²) < 4.78 is 0. The molecule has 0 spiro atoms. The van der Waals surface area contributed by atoms with Crippen molar-refractivity contribution < 1.29 is 4.79 Å². The predicted octanol–water partition coefficient (Wildman–Crippen LogP) is 0.899. The fraction of sp³-hybridized carbons (Fsp3) is 0.889. The molecular formula is C9H20N2O. The molecular weight excluding hydrogens is 152 g/mol. The number of nitrogens with one attached hydrogen (secondary N) is 2. The number of hydrogen-bond acceptors (Lipinski definition) is 2. The van der Waals surface area contributed by atoms with Crippen LogP contribution in [0.25, 0.3) is 0 Å². The first-order chi connectivity index (χ1) is 5.56. The summed E-state index contributed by atoms with van der Waals surface area (Å²) in [5.74, 6) is 0.0744. The Hall–Kier alpha value is -0.570. The summed E-state index contributed by atoms with van der Waals surface area (Å²) in [6.45, 7) is 8.51. The molecule has 0 aromatic heterocycles. The number of rotatable bonds is 5. The van der Waals surface area contributed by atoms with Crippen LogP contribution in [0.3, 0.4) is 0 Å². The highest BCUT2D eigenvalue weighted by atomic mass is 16.1. The van der Waals surface area contributed by atoms with Crippen LogP contribution in [0.2, 0.25) is 0 Å². The van der Waals surface area contributed by atoms with Gasteiger partial charge in [-0.05, 0) is 27.2 Å². The van der Waals surface area contributed by atoms with Crippen LogP contribution in [0.15, 0.2) is 0 Å². The van der Waals surface area contributed by atoms with Crippen LogP contribution >= 0.6 is 0 Å². The first-order valence-electron chi connectivity index (χ1n) is 4.59. The summed E-state index contributed by atoms with van der Waals surface area (Å²) in [5.41, 5.74) is 0. The van der Waals surface area contributed by atoms with E-state index in [9.17, 15) is 4.79 Å². The molecule has 0 aliphatic rings. The Labute approximate surface area is 74.9 Å². The number of carbonyl (C=O) groups is 1. The lowest BCUT2D eigenvalue weighted by molar-refractivity contribution is -0.120. The van der Waals surface area contributed by atoms with Crippen LogP contribution < -0.4 is 10.6 Å². The monoisotopic (exact) mass is 172 g/mol. The topological polar surface area (TPSA) is 41.1 Å². The highest BCUT2D eigenvalue weighted by Gasteiger charge is 2.04. The van der Waals surface area contributed by atoms with Crippen LogP contribution in [0.4, 0.5) is 0 Å². The van der Waals surface area contributed by atoms with Gasteiger partial charge in [-0.3, -0.25) is 4.79 Å². The maximum Gasteiger partial charge on any atom is 0.234 e. The van der Waals surface area contributed by atoms with Gasteiger partial charge >= 0.3 is 0 Å². The highest BCUT2D eigenvalue weighted by Crippen LogP contribution is 1.86. The maximum absolute atomic E-state index is 11.1. The van der Waals surface area contributed by atoms with E-state index in [1.54, 1.807) is 0 Å². The van der Waals surface area contributed by atoms with E-state index in [0.29, 0.717) is 12.6 Å². The normalized spacial score (nSPS) is 13.1. The van der Waals surface area contributed by atoms with Gasteiger partial charge in [0.25, 0.3) is 0 Å². The van der Waals surface area contributed by atoms with Crippen LogP contribution in [-0.4, -0.2) is 24.5 Å². The van der Waals surface area contributed by atoms with Crippen molar-refractivity contribution in [3.63, 3.8) is 0 Å². The third kappa shape index (κ3) is 6.16. The van der Waals surface area contributed by atoms with E-state index in [-0.39, 0.29) is 11.9 Å². The minimum Gasteiger partial charge on any atom is -0.353 e. The van der Waals surface area contributed by atoms with E-state index in [1.165, 1.54) is 0 Å². The Bertz CT molecular complexity index is 134. The van der Waals surface area contributed by atoms with Crippen molar-refractivity contribution in [2.24, 2.45) is 0 Å². The maximum atomic E-state index is 11.1. The lowest BCUT2D eigenvalue weighted by atomic mass is 10.2. The van der Waals surface area contributed by atoms with E-state index in [1.807, 2.05) is 13.8 Å². The first-order valence-corrected chi connectivity index (χ1v) is 4.59. The Morgan fingerprint density at radius 1 is 1.33 bits per heavy atom. The molecule has 72 valence electrons. The Balaban J connectivity index is 3.44. The van der Waals surface area contributed by atoms with E-state index < -0.39 is 0 Å². The van der Waals surface area contributed by atoms with Gasteiger partial charge in [0.05, 0.1) is 6.54 Å². The second kappa shape index (κ2) is 6.00. The molecule has 0 fully saturated rings. The molecule has 0 bridgehead atoms. The second-order valence-corrected chi connectivity index (χ2v) is 3.41. The summed E-state index contributed by atoms with van der Waals surface area (Å²) in [6.07, 6.45) is 1.05. The van der Waals surface area contributed by atoms with Crippen molar-refractivity contribution in [1.82, 2.24) is 10.6 Å². The molecule has 2 N–H and O–H groups in total. The van der Waals surface area contributed by atoms with Gasteiger partial charge in [0.2, 0.25) is 5.91 Å². The van der Waals surface area contributed by atoms with Crippen molar-refractivity contribution >= 4 is 5.91 Å². The van der Waals surface area contributed by atoms with Crippen LogP contribution in [0.5, 0.6) is 0 Å². The van der Waals surface area contributed by atoms with Gasteiger partial charge in [-0.2, -0.15) is 0 Å². The van der Waals surface area contributed by atoms with Crippen molar-refractivity contribution in [3.8, 4) is 0 Å². The minimum atomic E-state index is 0.0744. The predicted molar refractivity (Wildman–Crippen MR) is 51.0 cm³/mol. The van der Waals surface area contributed by atoms with E-state index >= 15 is 0 Å². The fourth-order valence-electron chi connectivity index (χ4n) is 0.784. The van der Waals surface area contributed by atoms with Gasteiger partial charge in [0, 0.05) is 12.1 Å². The SMILES string of the molecule is CCC(C)NCC(=O)NC(C)C. The van der Waals surface area contributed by atoms with Gasteiger partial charge < -0.3 is 10.6 Å². The Kier molecular flexibility index (Phi) is 5.72. The molecule has 0 saturated heterocycles. The molecule has 0 aromatic rings. The Morgan fingerprint density at radius 3 is 2.33 bits per heavy atom. The number of hydrogen-bond donors (Lipinski definition) is 2. The molecule has 1 unspecified atom stereocenters. The van der Waals surface area contributed by atoms with Crippen molar-refractivity contribution in [3.05, 3.63) is 0 Å². The number of amides is 1. The number of carbonyl (C=O) groups excluding carboxylic acids is 1. The zero-order valence-corrected chi connectivity index (χ0v) is 8.48. The average molecular weight is 172 g/mol. The van der Waals surface area contributed by atoms with Gasteiger partial charge in [0.1, 0.15) is 0 Å². The molecule has 1 atom stereocenters. The fourth-order valence-corrected chi connectivity index (χ4v) is 0.784. The zero-order valence-electron chi connectivity index (χ0n) is 8.48. The molecule has 3 nitrogen and oxygen atoms in total. The van der Waals surface area contributed by atoms with Crippen LogP contribution in [0.1, 0.15) is 34.1 Å².